The van der Waals surface area contributed by atoms with Gasteiger partial charge in [-0.2, -0.15) is 22.8 Å². The molecule has 0 bridgehead atoms. The lowest BCUT2D eigenvalue weighted by Gasteiger charge is -2.12. The number of nitrogens with zero attached hydrogens (tertiary/aromatic N) is 2. The maximum Gasteiger partial charge on any atom is 0.418 e. The number of likely N-dealkylation sites (N-methyl/N-ethyl adjacent to an activating group) is 1. The lowest BCUT2D eigenvalue weighted by Crippen LogP contribution is -3.06. The van der Waals surface area contributed by atoms with Gasteiger partial charge in [0.15, 0.2) is 0 Å². The highest BCUT2D eigenvalue weighted by Gasteiger charge is 2.38. The molecular weight excluding hydrogens is 331 g/mol. The number of hydrogen-bond acceptors (Lipinski definition) is 2. The highest BCUT2D eigenvalue weighted by molar-refractivity contribution is 5.77. The van der Waals surface area contributed by atoms with E-state index in [1.165, 1.54) is 4.90 Å². The van der Waals surface area contributed by atoms with Gasteiger partial charge in [-0.3, -0.25) is 10.3 Å². The number of rotatable bonds is 4. The quantitative estimate of drug-likeness (QED) is 0.623. The van der Waals surface area contributed by atoms with Crippen LogP contribution in [0, 0.1) is 11.3 Å². The summed E-state index contributed by atoms with van der Waals surface area (Å²) in [5.41, 5.74) is 0.161. The van der Waals surface area contributed by atoms with Crippen LogP contribution in [0.4, 0.5) is 19.0 Å². The molecule has 5 nitrogen and oxygen atoms in total. The molecule has 3 rings (SSSR count). The second-order valence-electron chi connectivity index (χ2n) is 6.14. The maximum atomic E-state index is 13.4. The summed E-state index contributed by atoms with van der Waals surface area (Å²) in [6.45, 7) is 1.25. The Hall–Kier alpha value is -2.79. The molecule has 0 fully saturated rings. The zero-order chi connectivity index (χ0) is 18.2. The van der Waals surface area contributed by atoms with Gasteiger partial charge in [0, 0.05) is 6.07 Å². The Bertz CT molecular complexity index is 966. The van der Waals surface area contributed by atoms with Crippen molar-refractivity contribution < 1.29 is 22.5 Å². The number of halogens is 3. The zero-order valence-corrected chi connectivity index (χ0v) is 13.8. The number of hydrogen-bond donors (Lipinski definition) is 3. The number of fused-ring (bicyclic) bond motifs is 3. The van der Waals surface area contributed by atoms with E-state index in [4.69, 9.17) is 0 Å². The van der Waals surface area contributed by atoms with E-state index < -0.39 is 17.3 Å². The highest BCUT2D eigenvalue weighted by Crippen LogP contribution is 2.34. The number of pyridine rings is 1. The van der Waals surface area contributed by atoms with Crippen molar-refractivity contribution in [1.29, 1.82) is 5.26 Å². The molecular formula is C17H18F3N5+2. The topological polar surface area (TPSA) is 60.1 Å². The Balaban J connectivity index is 2.29. The van der Waals surface area contributed by atoms with Gasteiger partial charge < -0.3 is 4.90 Å². The number of nitrogens with one attached hydrogen (secondary N) is 3. The summed E-state index contributed by atoms with van der Waals surface area (Å²) in [7, 11) is 3.94. The summed E-state index contributed by atoms with van der Waals surface area (Å²) in [6, 6.07) is 9.88. The standard InChI is InChI=1S/C17H16F3N5/c1-24(2)8-7-22-15-9-12(17(18,19)20)11(10-21)16-23-13-5-3-4-6-14(13)25(15)16/h3-6,9H,7-8H2,1-2H3,(H,22,23)/p+2. The predicted molar refractivity (Wildman–Crippen MR) is 87.3 cm³/mol. The van der Waals surface area contributed by atoms with Crippen molar-refractivity contribution in [1.82, 2.24) is 4.98 Å². The minimum Gasteiger partial charge on any atom is -0.337 e. The summed E-state index contributed by atoms with van der Waals surface area (Å²) in [6.07, 6.45) is -4.61. The largest absolute Gasteiger partial charge is 0.418 e. The molecule has 8 heteroatoms. The van der Waals surface area contributed by atoms with E-state index in [0.29, 0.717) is 23.4 Å². The van der Waals surface area contributed by atoms with Crippen molar-refractivity contribution in [2.45, 2.75) is 6.18 Å². The fourth-order valence-corrected chi connectivity index (χ4v) is 2.81. The monoisotopic (exact) mass is 349 g/mol. The van der Waals surface area contributed by atoms with E-state index in [-0.39, 0.29) is 5.65 Å². The van der Waals surface area contributed by atoms with E-state index in [2.05, 4.69) is 10.3 Å². The van der Waals surface area contributed by atoms with Gasteiger partial charge in [-0.05, 0) is 12.1 Å². The van der Waals surface area contributed by atoms with E-state index in [1.807, 2.05) is 14.1 Å². The smallest absolute Gasteiger partial charge is 0.337 e. The third kappa shape index (κ3) is 3.10. The first-order valence-corrected chi connectivity index (χ1v) is 7.82. The minimum atomic E-state index is -4.61. The van der Waals surface area contributed by atoms with Crippen LogP contribution >= 0.6 is 0 Å². The van der Waals surface area contributed by atoms with Crippen molar-refractivity contribution in [3.05, 3.63) is 41.5 Å². The second kappa shape index (κ2) is 6.26. The number of quaternary nitrogens is 1. The van der Waals surface area contributed by atoms with Crippen LogP contribution in [0.15, 0.2) is 30.3 Å². The van der Waals surface area contributed by atoms with Crippen LogP contribution < -0.4 is 14.6 Å². The molecule has 130 valence electrons. The fraction of sp³-hybridized carbons (Fsp3) is 0.294. The average molecular weight is 349 g/mol. The lowest BCUT2D eigenvalue weighted by molar-refractivity contribution is -0.856. The molecule has 1 aromatic carbocycles. The molecule has 2 heterocycles. The van der Waals surface area contributed by atoms with Crippen LogP contribution in [0.1, 0.15) is 11.1 Å². The normalized spacial score (nSPS) is 12.0. The summed E-state index contributed by atoms with van der Waals surface area (Å²) in [4.78, 5) is 4.12. The van der Waals surface area contributed by atoms with Crippen molar-refractivity contribution in [3.8, 4) is 6.07 Å². The first kappa shape index (κ1) is 17.0. The second-order valence-corrected chi connectivity index (χ2v) is 6.14. The number of aromatic nitrogens is 2. The molecule has 0 amide bonds. The Kier molecular flexibility index (Phi) is 4.27. The lowest BCUT2D eigenvalue weighted by atomic mass is 10.1. The summed E-state index contributed by atoms with van der Waals surface area (Å²) >= 11 is 0. The molecule has 0 saturated heterocycles. The molecule has 3 N–H and O–H groups in total. The zero-order valence-electron chi connectivity index (χ0n) is 13.8. The van der Waals surface area contributed by atoms with Crippen molar-refractivity contribution in [2.24, 2.45) is 0 Å². The first-order chi connectivity index (χ1) is 11.8. The Labute approximate surface area is 142 Å². The number of para-hydroxylation sites is 2. The third-order valence-electron chi connectivity index (χ3n) is 4.00. The van der Waals surface area contributed by atoms with Gasteiger partial charge in [-0.1, -0.05) is 12.1 Å². The molecule has 0 aliphatic carbocycles. The molecule has 0 atom stereocenters. The summed E-state index contributed by atoms with van der Waals surface area (Å²) in [5, 5.41) is 12.4. The SMILES string of the molecule is C[NH+](C)CCNc1cc(C(F)(F)F)c(C#N)c2[nH]c3ccccc3[n+]12. The van der Waals surface area contributed by atoms with Crippen LogP contribution in [-0.4, -0.2) is 32.2 Å². The number of nitriles is 1. The van der Waals surface area contributed by atoms with Gasteiger partial charge >= 0.3 is 6.18 Å². The number of H-pyrrole nitrogens is 1. The number of alkyl halides is 3. The molecule has 0 saturated carbocycles. The van der Waals surface area contributed by atoms with Gasteiger partial charge in [0.2, 0.25) is 5.82 Å². The molecule has 0 radical (unpaired) electrons. The molecule has 0 spiro atoms. The van der Waals surface area contributed by atoms with E-state index in [1.54, 1.807) is 34.7 Å². The number of anilines is 1. The van der Waals surface area contributed by atoms with E-state index in [9.17, 15) is 18.4 Å². The van der Waals surface area contributed by atoms with Gasteiger partial charge in [0.1, 0.15) is 35.8 Å². The minimum absolute atomic E-state index is 0.137. The molecule has 0 unspecified atom stereocenters. The Morgan fingerprint density at radius 2 is 2.00 bits per heavy atom. The number of imidazole rings is 1. The van der Waals surface area contributed by atoms with E-state index in [0.717, 1.165) is 12.6 Å². The van der Waals surface area contributed by atoms with Crippen LogP contribution in [0.25, 0.3) is 16.7 Å². The molecule has 0 aliphatic rings. The molecule has 25 heavy (non-hydrogen) atoms. The maximum absolute atomic E-state index is 13.4. The van der Waals surface area contributed by atoms with Gasteiger partial charge in [0.25, 0.3) is 5.65 Å². The van der Waals surface area contributed by atoms with E-state index >= 15 is 0 Å². The fourth-order valence-electron chi connectivity index (χ4n) is 2.81. The van der Waals surface area contributed by atoms with Gasteiger partial charge in [-0.25, -0.2) is 0 Å². The Morgan fingerprint density at radius 1 is 1.28 bits per heavy atom. The highest BCUT2D eigenvalue weighted by atomic mass is 19.4. The third-order valence-corrected chi connectivity index (χ3v) is 4.00. The summed E-state index contributed by atoms with van der Waals surface area (Å²) < 4.78 is 42.0. The molecule has 3 aromatic rings. The first-order valence-electron chi connectivity index (χ1n) is 7.82. The van der Waals surface area contributed by atoms with Crippen molar-refractivity contribution in [2.75, 3.05) is 32.5 Å². The number of aromatic amines is 1. The van der Waals surface area contributed by atoms with Crippen LogP contribution in [0.2, 0.25) is 0 Å². The molecule has 0 aliphatic heterocycles. The van der Waals surface area contributed by atoms with Crippen LogP contribution in [0.3, 0.4) is 0 Å². The van der Waals surface area contributed by atoms with Crippen LogP contribution in [0.5, 0.6) is 0 Å². The summed E-state index contributed by atoms with van der Waals surface area (Å²) in [5.74, 6) is 0.306. The predicted octanol–water partition coefficient (Wildman–Crippen LogP) is 1.35. The van der Waals surface area contributed by atoms with Gasteiger partial charge in [0.05, 0.1) is 19.7 Å². The van der Waals surface area contributed by atoms with Crippen molar-refractivity contribution in [3.63, 3.8) is 0 Å². The number of benzene rings is 1. The van der Waals surface area contributed by atoms with Crippen LogP contribution in [-0.2, 0) is 6.18 Å². The Morgan fingerprint density at radius 3 is 2.64 bits per heavy atom. The van der Waals surface area contributed by atoms with Crippen molar-refractivity contribution >= 4 is 22.5 Å². The van der Waals surface area contributed by atoms with Gasteiger partial charge in [-0.15, -0.1) is 0 Å². The average Bonchev–Trinajstić information content (AvgIpc) is 2.92. The molecule has 2 aromatic heterocycles.